The van der Waals surface area contributed by atoms with Crippen LogP contribution in [0.3, 0.4) is 0 Å². The highest BCUT2D eigenvalue weighted by atomic mass is 35.5. The predicted octanol–water partition coefficient (Wildman–Crippen LogP) is 4.02. The Balaban J connectivity index is 2.12. The molecule has 108 valence electrons. The molecule has 1 N–H and O–H groups in total. The van der Waals surface area contributed by atoms with Gasteiger partial charge in [0.15, 0.2) is 0 Å². The van der Waals surface area contributed by atoms with Crippen molar-refractivity contribution in [2.24, 2.45) is 0 Å². The van der Waals surface area contributed by atoms with E-state index in [4.69, 9.17) is 11.6 Å². The fourth-order valence-electron chi connectivity index (χ4n) is 2.49. The highest BCUT2D eigenvalue weighted by Crippen LogP contribution is 2.25. The number of aromatic nitrogens is 2. The summed E-state index contributed by atoms with van der Waals surface area (Å²) in [5, 5.41) is 3.89. The molecule has 1 heterocycles. The summed E-state index contributed by atoms with van der Waals surface area (Å²) in [6.07, 6.45) is 1.85. The molecule has 3 nitrogen and oxygen atoms in total. The number of hydrogen-bond donors (Lipinski definition) is 1. The van der Waals surface area contributed by atoms with E-state index in [2.05, 4.69) is 53.0 Å². The quantitative estimate of drug-likeness (QED) is 0.792. The van der Waals surface area contributed by atoms with Gasteiger partial charge < -0.3 is 5.32 Å². The zero-order valence-electron chi connectivity index (χ0n) is 12.4. The van der Waals surface area contributed by atoms with Crippen LogP contribution in [0.4, 0.5) is 0 Å². The van der Waals surface area contributed by atoms with Gasteiger partial charge in [-0.15, -0.1) is 0 Å². The molecule has 3 aromatic rings. The van der Waals surface area contributed by atoms with Crippen LogP contribution in [-0.2, 0) is 6.54 Å². The Bertz CT molecular complexity index is 805. The third-order valence-electron chi connectivity index (χ3n) is 3.84. The Morgan fingerprint density at radius 3 is 2.62 bits per heavy atom. The molecule has 0 spiro atoms. The van der Waals surface area contributed by atoms with Crippen LogP contribution in [0.25, 0.3) is 16.7 Å². The maximum Gasteiger partial charge on any atom is 0.100 e. The predicted molar refractivity (Wildman–Crippen MR) is 88.3 cm³/mol. The van der Waals surface area contributed by atoms with Gasteiger partial charge in [0.2, 0.25) is 0 Å². The molecule has 0 radical (unpaired) electrons. The van der Waals surface area contributed by atoms with E-state index in [9.17, 15) is 0 Å². The first-order chi connectivity index (χ1) is 10.1. The minimum Gasteiger partial charge on any atom is -0.316 e. The fourth-order valence-corrected chi connectivity index (χ4v) is 2.73. The van der Waals surface area contributed by atoms with Gasteiger partial charge in [-0.3, -0.25) is 4.57 Å². The van der Waals surface area contributed by atoms with E-state index in [1.807, 2.05) is 19.4 Å². The second kappa shape index (κ2) is 5.51. The van der Waals surface area contributed by atoms with Crippen molar-refractivity contribution < 1.29 is 0 Å². The largest absolute Gasteiger partial charge is 0.316 e. The molecule has 3 rings (SSSR count). The smallest absolute Gasteiger partial charge is 0.100 e. The molecule has 0 atom stereocenters. The lowest BCUT2D eigenvalue weighted by Crippen LogP contribution is -2.05. The van der Waals surface area contributed by atoms with Gasteiger partial charge in [-0.25, -0.2) is 4.98 Å². The Morgan fingerprint density at radius 1 is 1.14 bits per heavy atom. The van der Waals surface area contributed by atoms with Crippen molar-refractivity contribution in [3.05, 3.63) is 58.4 Å². The highest BCUT2D eigenvalue weighted by molar-refractivity contribution is 6.31. The van der Waals surface area contributed by atoms with Gasteiger partial charge in [0.05, 0.1) is 11.0 Å². The van der Waals surface area contributed by atoms with Crippen molar-refractivity contribution in [1.29, 1.82) is 0 Å². The van der Waals surface area contributed by atoms with Crippen LogP contribution in [0, 0.1) is 13.8 Å². The average Bonchev–Trinajstić information content (AvgIpc) is 2.85. The molecule has 0 fully saturated rings. The normalized spacial score (nSPS) is 11.2. The highest BCUT2D eigenvalue weighted by Gasteiger charge is 2.08. The number of nitrogens with zero attached hydrogens (tertiary/aromatic N) is 2. The van der Waals surface area contributed by atoms with E-state index in [1.165, 1.54) is 11.1 Å². The number of fused-ring (bicyclic) bond motifs is 1. The molecule has 4 heteroatoms. The minimum absolute atomic E-state index is 0.766. The number of imidazole rings is 1. The van der Waals surface area contributed by atoms with Crippen molar-refractivity contribution in [1.82, 2.24) is 14.9 Å². The maximum absolute atomic E-state index is 6.36. The van der Waals surface area contributed by atoms with Crippen molar-refractivity contribution in [3.63, 3.8) is 0 Å². The van der Waals surface area contributed by atoms with Crippen LogP contribution < -0.4 is 5.32 Å². The zero-order valence-corrected chi connectivity index (χ0v) is 13.2. The zero-order chi connectivity index (χ0) is 15.0. The molecule has 0 aliphatic carbocycles. The second-order valence-corrected chi connectivity index (χ2v) is 5.75. The van der Waals surface area contributed by atoms with Gasteiger partial charge in [0, 0.05) is 17.3 Å². The molecule has 0 saturated heterocycles. The van der Waals surface area contributed by atoms with Crippen molar-refractivity contribution in [2.75, 3.05) is 7.05 Å². The second-order valence-electron chi connectivity index (χ2n) is 5.35. The average molecular weight is 300 g/mol. The summed E-state index contributed by atoms with van der Waals surface area (Å²) < 4.78 is 2.08. The van der Waals surface area contributed by atoms with Gasteiger partial charge in [-0.05, 0) is 61.9 Å². The summed E-state index contributed by atoms with van der Waals surface area (Å²) in [6.45, 7) is 4.99. The molecule has 1 aromatic heterocycles. The van der Waals surface area contributed by atoms with Gasteiger partial charge in [-0.1, -0.05) is 17.7 Å². The van der Waals surface area contributed by atoms with Crippen LogP contribution >= 0.6 is 11.6 Å². The molecule has 0 bridgehead atoms. The number of halogens is 1. The maximum atomic E-state index is 6.36. The summed E-state index contributed by atoms with van der Waals surface area (Å²) in [4.78, 5) is 4.49. The fraction of sp³-hybridized carbons (Fsp3) is 0.235. The minimum atomic E-state index is 0.766. The molecule has 0 saturated carbocycles. The molecule has 2 aromatic carbocycles. The van der Waals surface area contributed by atoms with Crippen LogP contribution in [0.2, 0.25) is 5.02 Å². The van der Waals surface area contributed by atoms with Crippen LogP contribution in [0.5, 0.6) is 0 Å². The standard InChI is InChI=1S/C17H18ClN3/c1-11-6-16-17(7-12(11)2)21(10-20-16)14-5-4-13(9-19-3)15(18)8-14/h4-8,10,19H,9H2,1-3H3. The van der Waals surface area contributed by atoms with Gasteiger partial charge in [0.25, 0.3) is 0 Å². The third-order valence-corrected chi connectivity index (χ3v) is 4.20. The van der Waals surface area contributed by atoms with Crippen LogP contribution in [-0.4, -0.2) is 16.6 Å². The van der Waals surface area contributed by atoms with E-state index >= 15 is 0 Å². The van der Waals surface area contributed by atoms with E-state index < -0.39 is 0 Å². The summed E-state index contributed by atoms with van der Waals surface area (Å²) in [5.74, 6) is 0. The Hall–Kier alpha value is -1.84. The number of rotatable bonds is 3. The molecule has 0 aliphatic heterocycles. The molecule has 0 amide bonds. The first-order valence-electron chi connectivity index (χ1n) is 6.98. The van der Waals surface area contributed by atoms with Gasteiger partial charge >= 0.3 is 0 Å². The lowest BCUT2D eigenvalue weighted by molar-refractivity contribution is 0.817. The Labute approximate surface area is 129 Å². The molecular weight excluding hydrogens is 282 g/mol. The topological polar surface area (TPSA) is 29.9 Å². The first kappa shape index (κ1) is 14.1. The number of nitrogens with one attached hydrogen (secondary N) is 1. The molecular formula is C17H18ClN3. The van der Waals surface area contributed by atoms with Crippen molar-refractivity contribution >= 4 is 22.6 Å². The van der Waals surface area contributed by atoms with Crippen LogP contribution in [0.15, 0.2) is 36.7 Å². The third kappa shape index (κ3) is 2.55. The molecule has 0 unspecified atom stereocenters. The van der Waals surface area contributed by atoms with Gasteiger partial charge in [-0.2, -0.15) is 0 Å². The summed E-state index contributed by atoms with van der Waals surface area (Å²) >= 11 is 6.36. The van der Waals surface area contributed by atoms with Crippen molar-refractivity contribution in [3.8, 4) is 5.69 Å². The van der Waals surface area contributed by atoms with Crippen molar-refractivity contribution in [2.45, 2.75) is 20.4 Å². The summed E-state index contributed by atoms with van der Waals surface area (Å²) in [6, 6.07) is 10.4. The number of aryl methyl sites for hydroxylation is 2. The van der Waals surface area contributed by atoms with Gasteiger partial charge in [0.1, 0.15) is 6.33 Å². The van der Waals surface area contributed by atoms with E-state index in [0.717, 1.165) is 33.9 Å². The van der Waals surface area contributed by atoms with E-state index in [-0.39, 0.29) is 0 Å². The first-order valence-corrected chi connectivity index (χ1v) is 7.35. The Kier molecular flexibility index (Phi) is 3.70. The molecule has 0 aliphatic rings. The number of hydrogen-bond acceptors (Lipinski definition) is 2. The summed E-state index contributed by atoms with van der Waals surface area (Å²) in [5.41, 5.74) is 6.77. The Morgan fingerprint density at radius 2 is 1.90 bits per heavy atom. The van der Waals surface area contributed by atoms with E-state index in [1.54, 1.807) is 0 Å². The monoisotopic (exact) mass is 299 g/mol. The lowest BCUT2D eigenvalue weighted by atomic mass is 10.1. The lowest BCUT2D eigenvalue weighted by Gasteiger charge is -2.09. The van der Waals surface area contributed by atoms with Crippen LogP contribution in [0.1, 0.15) is 16.7 Å². The SMILES string of the molecule is CNCc1ccc(-n2cnc3cc(C)c(C)cc32)cc1Cl. The molecule has 21 heavy (non-hydrogen) atoms. The number of benzene rings is 2. The van der Waals surface area contributed by atoms with E-state index in [0.29, 0.717) is 0 Å². The summed E-state index contributed by atoms with van der Waals surface area (Å²) in [7, 11) is 1.92.